The SMILES string of the molecule is C1=Cc2nc(-c3cc(-c4nc(-c5ccccc5)c5c(ccc6ccccc65)n4)ccn3)sc2[N-]C1. The van der Waals surface area contributed by atoms with Crippen LogP contribution in [0, 0.1) is 0 Å². The number of hydrogen-bond acceptors (Lipinski definition) is 5. The first-order valence-corrected chi connectivity index (χ1v) is 12.2. The molecule has 1 aliphatic heterocycles. The molecule has 0 spiro atoms. The number of hydrogen-bond donors (Lipinski definition) is 0. The van der Waals surface area contributed by atoms with E-state index in [0.29, 0.717) is 12.4 Å². The fourth-order valence-electron chi connectivity index (χ4n) is 4.48. The molecule has 0 saturated heterocycles. The molecule has 7 rings (SSSR count). The van der Waals surface area contributed by atoms with Crippen LogP contribution in [0.25, 0.3) is 66.4 Å². The zero-order valence-corrected chi connectivity index (χ0v) is 19.4. The van der Waals surface area contributed by atoms with E-state index in [1.165, 1.54) is 5.39 Å². The quantitative estimate of drug-likeness (QED) is 0.250. The second-order valence-electron chi connectivity index (χ2n) is 8.32. The summed E-state index contributed by atoms with van der Waals surface area (Å²) in [6, 6.07) is 26.9. The van der Waals surface area contributed by atoms with Crippen LogP contribution in [0.3, 0.4) is 0 Å². The second kappa shape index (κ2) is 8.11. The predicted molar refractivity (Wildman–Crippen MR) is 144 cm³/mol. The molecule has 0 aliphatic carbocycles. The van der Waals surface area contributed by atoms with Crippen LogP contribution < -0.4 is 0 Å². The number of fused-ring (bicyclic) bond motifs is 4. The van der Waals surface area contributed by atoms with Crippen LogP contribution in [0.15, 0.2) is 91.1 Å². The number of nitrogens with zero attached hydrogens (tertiary/aromatic N) is 5. The third kappa shape index (κ3) is 3.47. The maximum Gasteiger partial charge on any atom is 0.160 e. The van der Waals surface area contributed by atoms with Crippen LogP contribution in [-0.4, -0.2) is 26.5 Å². The zero-order valence-electron chi connectivity index (χ0n) is 18.6. The number of benzene rings is 3. The largest absolute Gasteiger partial charge is 0.671 e. The van der Waals surface area contributed by atoms with Crippen molar-refractivity contribution in [2.75, 3.05) is 6.54 Å². The van der Waals surface area contributed by atoms with E-state index < -0.39 is 0 Å². The molecular formula is C29H18N5S-. The summed E-state index contributed by atoms with van der Waals surface area (Å²) in [7, 11) is 0. The van der Waals surface area contributed by atoms with Gasteiger partial charge in [0.2, 0.25) is 0 Å². The van der Waals surface area contributed by atoms with Crippen LogP contribution in [-0.2, 0) is 0 Å². The van der Waals surface area contributed by atoms with Gasteiger partial charge in [-0.1, -0.05) is 65.7 Å². The average molecular weight is 469 g/mol. The Morgan fingerprint density at radius 3 is 2.60 bits per heavy atom. The van der Waals surface area contributed by atoms with E-state index in [1.807, 2.05) is 42.5 Å². The normalized spacial score (nSPS) is 12.6. The van der Waals surface area contributed by atoms with Crippen molar-refractivity contribution in [2.24, 2.45) is 0 Å². The highest BCUT2D eigenvalue weighted by Crippen LogP contribution is 2.40. The van der Waals surface area contributed by atoms with Gasteiger partial charge in [0.25, 0.3) is 0 Å². The van der Waals surface area contributed by atoms with Crippen molar-refractivity contribution in [2.45, 2.75) is 0 Å². The van der Waals surface area contributed by atoms with Crippen molar-refractivity contribution < 1.29 is 0 Å². The van der Waals surface area contributed by atoms with Crippen molar-refractivity contribution in [1.82, 2.24) is 19.9 Å². The van der Waals surface area contributed by atoms with Crippen LogP contribution in [0.4, 0.5) is 5.00 Å². The van der Waals surface area contributed by atoms with Crippen LogP contribution in [0.1, 0.15) is 5.69 Å². The highest BCUT2D eigenvalue weighted by atomic mass is 32.1. The third-order valence-corrected chi connectivity index (χ3v) is 7.15. The fraction of sp³-hybridized carbons (Fsp3) is 0.0345. The Balaban J connectivity index is 1.43. The zero-order chi connectivity index (χ0) is 23.2. The van der Waals surface area contributed by atoms with Gasteiger partial charge in [0, 0.05) is 22.7 Å². The smallest absolute Gasteiger partial charge is 0.160 e. The molecule has 0 atom stereocenters. The second-order valence-corrected chi connectivity index (χ2v) is 9.30. The lowest BCUT2D eigenvalue weighted by Gasteiger charge is -2.19. The Hall–Kier alpha value is -4.42. The Labute approximate surface area is 205 Å². The molecule has 0 fully saturated rings. The Morgan fingerprint density at radius 1 is 0.800 bits per heavy atom. The minimum Gasteiger partial charge on any atom is -0.671 e. The first-order valence-electron chi connectivity index (χ1n) is 11.4. The molecule has 0 amide bonds. The van der Waals surface area contributed by atoms with Gasteiger partial charge in [0.15, 0.2) is 5.82 Å². The number of rotatable bonds is 3. The molecule has 0 radical (unpaired) electrons. The van der Waals surface area contributed by atoms with Gasteiger partial charge < -0.3 is 5.32 Å². The summed E-state index contributed by atoms with van der Waals surface area (Å²) in [6.07, 6.45) is 5.84. The average Bonchev–Trinajstić information content (AvgIpc) is 3.37. The highest BCUT2D eigenvalue weighted by molar-refractivity contribution is 7.19. The van der Waals surface area contributed by atoms with Crippen molar-refractivity contribution >= 4 is 44.1 Å². The van der Waals surface area contributed by atoms with Gasteiger partial charge in [0.1, 0.15) is 5.01 Å². The van der Waals surface area contributed by atoms with Gasteiger partial charge in [0.05, 0.1) is 22.6 Å². The molecule has 6 heteroatoms. The number of aromatic nitrogens is 4. The van der Waals surface area contributed by atoms with Gasteiger partial charge in [-0.05, 0) is 35.0 Å². The van der Waals surface area contributed by atoms with Crippen molar-refractivity contribution in [3.63, 3.8) is 0 Å². The topological polar surface area (TPSA) is 65.7 Å². The van der Waals surface area contributed by atoms with E-state index in [-0.39, 0.29) is 0 Å². The van der Waals surface area contributed by atoms with Gasteiger partial charge in [-0.25, -0.2) is 15.0 Å². The van der Waals surface area contributed by atoms with Crippen LogP contribution in [0.5, 0.6) is 0 Å². The lowest BCUT2D eigenvalue weighted by atomic mass is 10.00. The Kier molecular flexibility index (Phi) is 4.63. The molecule has 1 aliphatic rings. The molecule has 0 N–H and O–H groups in total. The summed E-state index contributed by atoms with van der Waals surface area (Å²) in [5.74, 6) is 0.668. The van der Waals surface area contributed by atoms with E-state index in [2.05, 4.69) is 58.8 Å². The molecule has 0 bridgehead atoms. The molecule has 3 aromatic heterocycles. The first kappa shape index (κ1) is 20.0. The summed E-state index contributed by atoms with van der Waals surface area (Å²) in [4.78, 5) is 19.4. The van der Waals surface area contributed by atoms with Crippen molar-refractivity contribution in [3.05, 3.63) is 102 Å². The van der Waals surface area contributed by atoms with Gasteiger partial charge in [-0.2, -0.15) is 0 Å². The Bertz CT molecular complexity index is 1750. The molecule has 3 aromatic carbocycles. The van der Waals surface area contributed by atoms with Crippen LogP contribution in [0.2, 0.25) is 0 Å². The van der Waals surface area contributed by atoms with E-state index in [9.17, 15) is 0 Å². The van der Waals surface area contributed by atoms with Gasteiger partial charge >= 0.3 is 0 Å². The lowest BCUT2D eigenvalue weighted by molar-refractivity contribution is 1.21. The molecule has 166 valence electrons. The number of pyridine rings is 1. The molecule has 0 unspecified atom stereocenters. The molecule has 4 heterocycles. The third-order valence-electron chi connectivity index (χ3n) is 6.12. The standard InChI is InChI=1S/C29H18N5S/c1-2-8-19(9-3-1)26-25-21-10-5-4-7-18(21)12-13-22(25)32-27(34-26)20-14-16-30-24(17-20)29-33-23-11-6-15-31-28(23)35-29/h1-14,16-17H,15H2/q-1. The lowest BCUT2D eigenvalue weighted by Crippen LogP contribution is -1.96. The molecule has 6 aromatic rings. The van der Waals surface area contributed by atoms with Crippen molar-refractivity contribution in [1.29, 1.82) is 0 Å². The van der Waals surface area contributed by atoms with E-state index in [4.69, 9.17) is 15.0 Å². The first-order chi connectivity index (χ1) is 17.3. The monoisotopic (exact) mass is 468 g/mol. The maximum atomic E-state index is 5.11. The summed E-state index contributed by atoms with van der Waals surface area (Å²) in [5, 5.41) is 9.73. The predicted octanol–water partition coefficient (Wildman–Crippen LogP) is 7.67. The molecule has 5 nitrogen and oxygen atoms in total. The summed E-state index contributed by atoms with van der Waals surface area (Å²) < 4.78 is 0. The fourth-order valence-corrected chi connectivity index (χ4v) is 5.38. The molecular weight excluding hydrogens is 450 g/mol. The summed E-state index contributed by atoms with van der Waals surface area (Å²) in [6.45, 7) is 0.698. The minimum atomic E-state index is 0.668. The van der Waals surface area contributed by atoms with Crippen LogP contribution >= 0.6 is 11.3 Å². The van der Waals surface area contributed by atoms with Gasteiger partial charge in [-0.15, -0.1) is 24.0 Å². The van der Waals surface area contributed by atoms with E-state index >= 15 is 0 Å². The Morgan fingerprint density at radius 2 is 1.69 bits per heavy atom. The summed E-state index contributed by atoms with van der Waals surface area (Å²) in [5.41, 5.74) is 5.52. The summed E-state index contributed by atoms with van der Waals surface area (Å²) >= 11 is 1.56. The number of thiazole rings is 1. The highest BCUT2D eigenvalue weighted by Gasteiger charge is 2.16. The van der Waals surface area contributed by atoms with Crippen molar-refractivity contribution in [3.8, 4) is 33.3 Å². The molecule has 0 saturated carbocycles. The van der Waals surface area contributed by atoms with E-state index in [1.54, 1.807) is 17.5 Å². The minimum absolute atomic E-state index is 0.668. The molecule has 35 heavy (non-hydrogen) atoms. The van der Waals surface area contributed by atoms with E-state index in [0.717, 1.165) is 54.5 Å². The maximum absolute atomic E-state index is 5.11. The van der Waals surface area contributed by atoms with Gasteiger partial charge in [-0.3, -0.25) is 4.98 Å².